The van der Waals surface area contributed by atoms with Crippen molar-refractivity contribution in [1.29, 1.82) is 0 Å². The van der Waals surface area contributed by atoms with E-state index in [9.17, 15) is 0 Å². The third-order valence-corrected chi connectivity index (χ3v) is 3.70. The van der Waals surface area contributed by atoms with Gasteiger partial charge in [-0.1, -0.05) is 52.2 Å². The molecule has 0 aromatic carbocycles. The molecule has 0 spiro atoms. The van der Waals surface area contributed by atoms with Crippen LogP contribution in [0.5, 0.6) is 0 Å². The van der Waals surface area contributed by atoms with Gasteiger partial charge in [-0.15, -0.1) is 0 Å². The Bertz CT molecular complexity index is 190. The summed E-state index contributed by atoms with van der Waals surface area (Å²) in [6.45, 7) is 11.3. The Morgan fingerprint density at radius 1 is 1.33 bits per heavy atom. The maximum Gasteiger partial charge on any atom is -0.0294 e. The van der Waals surface area contributed by atoms with E-state index < -0.39 is 0 Å². The maximum atomic E-state index is 4.25. The number of hydrogen-bond donors (Lipinski definition) is 0. The quantitative estimate of drug-likeness (QED) is 0.545. The van der Waals surface area contributed by atoms with Gasteiger partial charge in [0.05, 0.1) is 0 Å². The highest BCUT2D eigenvalue weighted by atomic mass is 14.2. The molecule has 0 radical (unpaired) electrons. The summed E-state index contributed by atoms with van der Waals surface area (Å²) in [5, 5.41) is 0. The van der Waals surface area contributed by atoms with E-state index in [4.69, 9.17) is 0 Å². The van der Waals surface area contributed by atoms with E-state index in [1.807, 2.05) is 0 Å². The van der Waals surface area contributed by atoms with Gasteiger partial charge < -0.3 is 0 Å². The Morgan fingerprint density at radius 3 is 2.67 bits per heavy atom. The summed E-state index contributed by atoms with van der Waals surface area (Å²) in [6.07, 6.45) is 9.67. The van der Waals surface area contributed by atoms with E-state index in [0.717, 1.165) is 17.8 Å². The molecule has 0 aromatic heterocycles. The van der Waals surface area contributed by atoms with Crippen molar-refractivity contribution in [3.63, 3.8) is 0 Å². The SMILES string of the molecule is C=C(CCC(C)C)CC1CCCC(C)C1. The lowest BCUT2D eigenvalue weighted by Crippen LogP contribution is -2.13. The summed E-state index contributed by atoms with van der Waals surface area (Å²) < 4.78 is 0. The lowest BCUT2D eigenvalue weighted by atomic mass is 9.79. The Hall–Kier alpha value is -0.260. The zero-order chi connectivity index (χ0) is 11.3. The molecule has 0 nitrogen and oxygen atoms in total. The van der Waals surface area contributed by atoms with E-state index in [0.29, 0.717) is 0 Å². The van der Waals surface area contributed by atoms with Gasteiger partial charge in [0.25, 0.3) is 0 Å². The summed E-state index contributed by atoms with van der Waals surface area (Å²) in [5.41, 5.74) is 1.50. The monoisotopic (exact) mass is 208 g/mol. The first-order valence-corrected chi connectivity index (χ1v) is 6.74. The average molecular weight is 208 g/mol. The van der Waals surface area contributed by atoms with Crippen molar-refractivity contribution in [3.05, 3.63) is 12.2 Å². The van der Waals surface area contributed by atoms with Crippen LogP contribution in [0.1, 0.15) is 65.7 Å². The van der Waals surface area contributed by atoms with Gasteiger partial charge in [-0.3, -0.25) is 0 Å². The fourth-order valence-corrected chi connectivity index (χ4v) is 2.75. The van der Waals surface area contributed by atoms with Crippen LogP contribution in [0.3, 0.4) is 0 Å². The lowest BCUT2D eigenvalue weighted by molar-refractivity contribution is 0.279. The molecule has 1 rings (SSSR count). The molecule has 1 aliphatic carbocycles. The van der Waals surface area contributed by atoms with Crippen LogP contribution < -0.4 is 0 Å². The van der Waals surface area contributed by atoms with Gasteiger partial charge in [0.2, 0.25) is 0 Å². The molecule has 0 bridgehead atoms. The standard InChI is InChI=1S/C15H28/c1-12(2)8-9-14(4)11-15-7-5-6-13(3)10-15/h12-13,15H,4-11H2,1-3H3. The molecule has 1 saturated carbocycles. The van der Waals surface area contributed by atoms with E-state index >= 15 is 0 Å². The van der Waals surface area contributed by atoms with E-state index in [2.05, 4.69) is 27.4 Å². The Morgan fingerprint density at radius 2 is 2.07 bits per heavy atom. The highest BCUT2D eigenvalue weighted by Gasteiger charge is 2.19. The second-order valence-electron chi connectivity index (χ2n) is 6.02. The maximum absolute atomic E-state index is 4.25. The molecule has 1 fully saturated rings. The zero-order valence-corrected chi connectivity index (χ0v) is 10.9. The Balaban J connectivity index is 2.19. The van der Waals surface area contributed by atoms with Crippen LogP contribution in [-0.2, 0) is 0 Å². The van der Waals surface area contributed by atoms with Gasteiger partial charge in [0, 0.05) is 0 Å². The highest BCUT2D eigenvalue weighted by Crippen LogP contribution is 2.33. The molecule has 0 aliphatic heterocycles. The second kappa shape index (κ2) is 6.35. The van der Waals surface area contributed by atoms with Crippen LogP contribution in [0.25, 0.3) is 0 Å². The van der Waals surface area contributed by atoms with Crippen LogP contribution in [0.15, 0.2) is 12.2 Å². The smallest absolute Gasteiger partial charge is 0.0294 e. The molecule has 2 unspecified atom stereocenters. The van der Waals surface area contributed by atoms with Crippen LogP contribution in [0, 0.1) is 17.8 Å². The largest absolute Gasteiger partial charge is 0.0999 e. The molecule has 0 amide bonds. The minimum absolute atomic E-state index is 0.826. The fourth-order valence-electron chi connectivity index (χ4n) is 2.75. The lowest BCUT2D eigenvalue weighted by Gasteiger charge is -2.27. The first kappa shape index (κ1) is 12.8. The van der Waals surface area contributed by atoms with E-state index in [1.54, 1.807) is 0 Å². The van der Waals surface area contributed by atoms with Gasteiger partial charge in [-0.2, -0.15) is 0 Å². The van der Waals surface area contributed by atoms with Gasteiger partial charge >= 0.3 is 0 Å². The van der Waals surface area contributed by atoms with E-state index in [-0.39, 0.29) is 0 Å². The van der Waals surface area contributed by atoms with Gasteiger partial charge in [0.15, 0.2) is 0 Å². The van der Waals surface area contributed by atoms with Gasteiger partial charge in [-0.25, -0.2) is 0 Å². The minimum Gasteiger partial charge on any atom is -0.0999 e. The van der Waals surface area contributed by atoms with Crippen molar-refractivity contribution < 1.29 is 0 Å². The molecule has 1 aliphatic rings. The highest BCUT2D eigenvalue weighted by molar-refractivity contribution is 4.96. The summed E-state index contributed by atoms with van der Waals surface area (Å²) in [7, 11) is 0. The molecule has 0 N–H and O–H groups in total. The molecule has 0 heterocycles. The van der Waals surface area contributed by atoms with Crippen LogP contribution >= 0.6 is 0 Å². The third-order valence-electron chi connectivity index (χ3n) is 3.70. The minimum atomic E-state index is 0.826. The predicted octanol–water partition coefficient (Wildman–Crippen LogP) is 5.20. The zero-order valence-electron chi connectivity index (χ0n) is 10.9. The van der Waals surface area contributed by atoms with Crippen molar-refractivity contribution in [3.8, 4) is 0 Å². The second-order valence-corrected chi connectivity index (χ2v) is 6.02. The molecule has 2 atom stereocenters. The first-order chi connectivity index (χ1) is 7.08. The molecule has 0 aromatic rings. The van der Waals surface area contributed by atoms with Crippen molar-refractivity contribution >= 4 is 0 Å². The summed E-state index contributed by atoms with van der Waals surface area (Å²) in [4.78, 5) is 0. The molecule has 15 heavy (non-hydrogen) atoms. The Kier molecular flexibility index (Phi) is 5.42. The third kappa shape index (κ3) is 5.39. The molecule has 0 heteroatoms. The number of allylic oxidation sites excluding steroid dienone is 1. The van der Waals surface area contributed by atoms with Crippen molar-refractivity contribution in [2.24, 2.45) is 17.8 Å². The van der Waals surface area contributed by atoms with Gasteiger partial charge in [0.1, 0.15) is 0 Å². The predicted molar refractivity (Wildman–Crippen MR) is 69.0 cm³/mol. The molecular weight excluding hydrogens is 180 g/mol. The summed E-state index contributed by atoms with van der Waals surface area (Å²) in [6, 6.07) is 0. The molecule has 0 saturated heterocycles. The van der Waals surface area contributed by atoms with Crippen molar-refractivity contribution in [1.82, 2.24) is 0 Å². The molecular formula is C15H28. The van der Waals surface area contributed by atoms with Crippen LogP contribution in [0.2, 0.25) is 0 Å². The van der Waals surface area contributed by atoms with Crippen LogP contribution in [-0.4, -0.2) is 0 Å². The van der Waals surface area contributed by atoms with Gasteiger partial charge in [-0.05, 0) is 43.4 Å². The van der Waals surface area contributed by atoms with Crippen molar-refractivity contribution in [2.75, 3.05) is 0 Å². The topological polar surface area (TPSA) is 0 Å². The number of hydrogen-bond acceptors (Lipinski definition) is 0. The fraction of sp³-hybridized carbons (Fsp3) is 0.867. The average Bonchev–Trinajstić information content (AvgIpc) is 2.15. The number of rotatable bonds is 5. The molecule has 88 valence electrons. The summed E-state index contributed by atoms with van der Waals surface area (Å²) >= 11 is 0. The Labute approximate surface area is 96.2 Å². The van der Waals surface area contributed by atoms with Crippen LogP contribution in [0.4, 0.5) is 0 Å². The normalized spacial score (nSPS) is 26.9. The van der Waals surface area contributed by atoms with E-state index in [1.165, 1.54) is 50.5 Å². The first-order valence-electron chi connectivity index (χ1n) is 6.74. The summed E-state index contributed by atoms with van der Waals surface area (Å²) in [5.74, 6) is 2.74. The van der Waals surface area contributed by atoms with Crippen molar-refractivity contribution in [2.45, 2.75) is 65.7 Å².